The molecule has 0 spiro atoms. The Morgan fingerprint density at radius 1 is 1.21 bits per heavy atom. The maximum absolute atomic E-state index is 12.1. The number of amides is 1. The summed E-state index contributed by atoms with van der Waals surface area (Å²) in [5.41, 5.74) is 1.08. The Labute approximate surface area is 121 Å². The summed E-state index contributed by atoms with van der Waals surface area (Å²) in [5, 5.41) is 5.26. The molecule has 1 aliphatic rings. The molecular formula is C16H16BrNO. The highest BCUT2D eigenvalue weighted by atomic mass is 79.9. The van der Waals surface area contributed by atoms with Crippen LogP contribution in [0.25, 0.3) is 10.8 Å². The number of nitrogens with one attached hydrogen (secondary N) is 1. The van der Waals surface area contributed by atoms with Crippen molar-refractivity contribution in [3.63, 3.8) is 0 Å². The second kappa shape index (κ2) is 4.64. The molecule has 0 saturated heterocycles. The van der Waals surface area contributed by atoms with Crippen molar-refractivity contribution in [2.45, 2.75) is 19.8 Å². The Bertz CT molecular complexity index is 646. The van der Waals surface area contributed by atoms with E-state index in [9.17, 15) is 4.79 Å². The van der Waals surface area contributed by atoms with Gasteiger partial charge in [-0.3, -0.25) is 4.79 Å². The Balaban J connectivity index is 1.80. The second-order valence-corrected chi connectivity index (χ2v) is 6.62. The average Bonchev–Trinajstić information content (AvgIpc) is 3.14. The maximum Gasteiger partial charge on any atom is 0.251 e. The number of carbonyl (C=O) groups is 1. The molecule has 2 aromatic carbocycles. The molecule has 0 radical (unpaired) electrons. The Hall–Kier alpha value is -1.35. The van der Waals surface area contributed by atoms with Crippen LogP contribution < -0.4 is 5.32 Å². The summed E-state index contributed by atoms with van der Waals surface area (Å²) in [4.78, 5) is 12.1. The van der Waals surface area contributed by atoms with Gasteiger partial charge in [-0.15, -0.1) is 0 Å². The first-order valence-corrected chi connectivity index (χ1v) is 7.33. The molecule has 98 valence electrons. The molecule has 0 atom stereocenters. The lowest BCUT2D eigenvalue weighted by Crippen LogP contribution is -2.28. The van der Waals surface area contributed by atoms with Crippen molar-refractivity contribution < 1.29 is 4.79 Å². The zero-order chi connectivity index (χ0) is 13.5. The van der Waals surface area contributed by atoms with Crippen LogP contribution in [0.2, 0.25) is 0 Å². The molecule has 1 aliphatic carbocycles. The monoisotopic (exact) mass is 317 g/mol. The zero-order valence-corrected chi connectivity index (χ0v) is 12.5. The number of rotatable bonds is 3. The van der Waals surface area contributed by atoms with E-state index in [1.807, 2.05) is 30.3 Å². The zero-order valence-electron chi connectivity index (χ0n) is 10.9. The molecule has 1 N–H and O–H groups in total. The molecule has 0 aromatic heterocycles. The molecule has 3 rings (SSSR count). The van der Waals surface area contributed by atoms with Crippen molar-refractivity contribution in [3.05, 3.63) is 46.4 Å². The van der Waals surface area contributed by atoms with E-state index in [0.717, 1.165) is 27.4 Å². The first-order valence-electron chi connectivity index (χ1n) is 6.53. The van der Waals surface area contributed by atoms with Gasteiger partial charge in [0.2, 0.25) is 0 Å². The van der Waals surface area contributed by atoms with Gasteiger partial charge in [0.15, 0.2) is 0 Å². The van der Waals surface area contributed by atoms with Crippen molar-refractivity contribution in [2.24, 2.45) is 5.41 Å². The number of hydrogen-bond acceptors (Lipinski definition) is 1. The van der Waals surface area contributed by atoms with Gasteiger partial charge in [-0.2, -0.15) is 0 Å². The SMILES string of the molecule is CC1(CNC(=O)c2ccc3cc(Br)ccc3c2)CC1. The predicted octanol–water partition coefficient (Wildman–Crippen LogP) is 4.13. The third-order valence-corrected chi connectivity index (χ3v) is 4.34. The normalized spacial score (nSPS) is 16.3. The third-order valence-electron chi connectivity index (χ3n) is 3.84. The molecular weight excluding hydrogens is 302 g/mol. The fourth-order valence-electron chi connectivity index (χ4n) is 2.14. The first-order chi connectivity index (χ1) is 9.06. The van der Waals surface area contributed by atoms with Crippen molar-refractivity contribution in [3.8, 4) is 0 Å². The molecule has 0 unspecified atom stereocenters. The predicted molar refractivity (Wildman–Crippen MR) is 81.3 cm³/mol. The van der Waals surface area contributed by atoms with Gasteiger partial charge in [-0.05, 0) is 53.3 Å². The summed E-state index contributed by atoms with van der Waals surface area (Å²) in [5.74, 6) is 0.0259. The second-order valence-electron chi connectivity index (χ2n) is 5.70. The quantitative estimate of drug-likeness (QED) is 0.906. The standard InChI is InChI=1S/C16H16BrNO/c1-16(6-7-16)10-18-15(19)13-3-2-12-9-14(17)5-4-11(12)8-13/h2-5,8-9H,6-7,10H2,1H3,(H,18,19). The molecule has 2 aromatic rings. The van der Waals surface area contributed by atoms with E-state index in [0.29, 0.717) is 5.41 Å². The van der Waals surface area contributed by atoms with Crippen LogP contribution in [0.5, 0.6) is 0 Å². The van der Waals surface area contributed by atoms with E-state index in [1.165, 1.54) is 12.8 Å². The van der Waals surface area contributed by atoms with Gasteiger partial charge < -0.3 is 5.32 Å². The van der Waals surface area contributed by atoms with Crippen molar-refractivity contribution in [2.75, 3.05) is 6.54 Å². The maximum atomic E-state index is 12.1. The highest BCUT2D eigenvalue weighted by Crippen LogP contribution is 2.44. The lowest BCUT2D eigenvalue weighted by atomic mass is 10.1. The summed E-state index contributed by atoms with van der Waals surface area (Å²) >= 11 is 3.45. The highest BCUT2D eigenvalue weighted by Gasteiger charge is 2.37. The average molecular weight is 318 g/mol. The third kappa shape index (κ3) is 2.81. The lowest BCUT2D eigenvalue weighted by Gasteiger charge is -2.10. The molecule has 3 heteroatoms. The molecule has 19 heavy (non-hydrogen) atoms. The molecule has 1 saturated carbocycles. The minimum absolute atomic E-state index is 0.0259. The minimum atomic E-state index is 0.0259. The first kappa shape index (κ1) is 12.7. The molecule has 0 aliphatic heterocycles. The summed E-state index contributed by atoms with van der Waals surface area (Å²) < 4.78 is 1.05. The van der Waals surface area contributed by atoms with E-state index < -0.39 is 0 Å². The molecule has 0 heterocycles. The van der Waals surface area contributed by atoms with Crippen molar-refractivity contribution in [1.82, 2.24) is 5.32 Å². The summed E-state index contributed by atoms with van der Waals surface area (Å²) in [6.07, 6.45) is 2.44. The Morgan fingerprint density at radius 2 is 1.89 bits per heavy atom. The summed E-state index contributed by atoms with van der Waals surface area (Å²) in [6.45, 7) is 3.00. The number of fused-ring (bicyclic) bond motifs is 1. The van der Waals surface area contributed by atoms with Crippen molar-refractivity contribution in [1.29, 1.82) is 0 Å². The van der Waals surface area contributed by atoms with E-state index >= 15 is 0 Å². The largest absolute Gasteiger partial charge is 0.351 e. The van der Waals surface area contributed by atoms with Crippen LogP contribution in [0.15, 0.2) is 40.9 Å². The van der Waals surface area contributed by atoms with Crippen LogP contribution in [-0.2, 0) is 0 Å². The summed E-state index contributed by atoms with van der Waals surface area (Å²) in [6, 6.07) is 11.9. The van der Waals surface area contributed by atoms with Gasteiger partial charge >= 0.3 is 0 Å². The Kier molecular flexibility index (Phi) is 3.09. The van der Waals surface area contributed by atoms with Gasteiger partial charge in [-0.25, -0.2) is 0 Å². The minimum Gasteiger partial charge on any atom is -0.351 e. The smallest absolute Gasteiger partial charge is 0.251 e. The topological polar surface area (TPSA) is 29.1 Å². The van der Waals surface area contributed by atoms with Gasteiger partial charge in [0.05, 0.1) is 0 Å². The van der Waals surface area contributed by atoms with E-state index in [4.69, 9.17) is 0 Å². The van der Waals surface area contributed by atoms with Gasteiger partial charge in [0.25, 0.3) is 5.91 Å². The number of carbonyl (C=O) groups excluding carboxylic acids is 1. The van der Waals surface area contributed by atoms with E-state index in [2.05, 4.69) is 34.2 Å². The number of benzene rings is 2. The molecule has 1 amide bonds. The van der Waals surface area contributed by atoms with E-state index in [-0.39, 0.29) is 5.91 Å². The van der Waals surface area contributed by atoms with Crippen LogP contribution in [0.4, 0.5) is 0 Å². The van der Waals surface area contributed by atoms with Gasteiger partial charge in [0.1, 0.15) is 0 Å². The molecule has 1 fully saturated rings. The summed E-state index contributed by atoms with van der Waals surface area (Å²) in [7, 11) is 0. The fraction of sp³-hybridized carbons (Fsp3) is 0.312. The van der Waals surface area contributed by atoms with E-state index in [1.54, 1.807) is 0 Å². The lowest BCUT2D eigenvalue weighted by molar-refractivity contribution is 0.0946. The molecule has 2 nitrogen and oxygen atoms in total. The van der Waals surface area contributed by atoms with Crippen LogP contribution >= 0.6 is 15.9 Å². The van der Waals surface area contributed by atoms with Crippen LogP contribution in [0, 0.1) is 5.41 Å². The fourth-order valence-corrected chi connectivity index (χ4v) is 2.52. The highest BCUT2D eigenvalue weighted by molar-refractivity contribution is 9.10. The number of hydrogen-bond donors (Lipinski definition) is 1. The molecule has 0 bridgehead atoms. The van der Waals surface area contributed by atoms with Gasteiger partial charge in [0, 0.05) is 16.6 Å². The van der Waals surface area contributed by atoms with Crippen molar-refractivity contribution >= 4 is 32.6 Å². The van der Waals surface area contributed by atoms with Crippen LogP contribution in [0.3, 0.4) is 0 Å². The number of halogens is 1. The van der Waals surface area contributed by atoms with Crippen LogP contribution in [-0.4, -0.2) is 12.5 Å². The Morgan fingerprint density at radius 3 is 2.63 bits per heavy atom. The van der Waals surface area contributed by atoms with Crippen LogP contribution in [0.1, 0.15) is 30.1 Å². The van der Waals surface area contributed by atoms with Gasteiger partial charge in [-0.1, -0.05) is 35.0 Å².